The lowest BCUT2D eigenvalue weighted by Gasteiger charge is -2.51. The van der Waals surface area contributed by atoms with E-state index in [1.54, 1.807) is 19.2 Å². The second kappa shape index (κ2) is 5.02. The lowest BCUT2D eigenvalue weighted by atomic mass is 9.64. The lowest BCUT2D eigenvalue weighted by molar-refractivity contribution is -0.0794. The van der Waals surface area contributed by atoms with Gasteiger partial charge in [-0.2, -0.15) is 0 Å². The third-order valence-corrected chi connectivity index (χ3v) is 4.24. The molecule has 1 saturated carbocycles. The van der Waals surface area contributed by atoms with Crippen LogP contribution in [-0.4, -0.2) is 30.3 Å². The summed E-state index contributed by atoms with van der Waals surface area (Å²) in [6.45, 7) is 4.22. The number of rotatable bonds is 4. The van der Waals surface area contributed by atoms with Crippen LogP contribution in [0.2, 0.25) is 5.02 Å². The van der Waals surface area contributed by atoms with Gasteiger partial charge in [-0.3, -0.25) is 0 Å². The molecule has 0 bridgehead atoms. The number of methoxy groups -OCH3 is 1. The Balaban J connectivity index is 2.19. The van der Waals surface area contributed by atoms with Crippen molar-refractivity contribution >= 4 is 23.3 Å². The van der Waals surface area contributed by atoms with E-state index in [9.17, 15) is 9.90 Å². The number of anilines is 1. The zero-order valence-electron chi connectivity index (χ0n) is 11.2. The fourth-order valence-corrected chi connectivity index (χ4v) is 2.71. The zero-order valence-corrected chi connectivity index (χ0v) is 12.0. The summed E-state index contributed by atoms with van der Waals surface area (Å²) in [5.74, 6) is -0.981. The Morgan fingerprint density at radius 3 is 2.74 bits per heavy atom. The summed E-state index contributed by atoms with van der Waals surface area (Å²) in [6, 6.07) is 5.06. The van der Waals surface area contributed by atoms with Crippen LogP contribution in [0.3, 0.4) is 0 Å². The van der Waals surface area contributed by atoms with Crippen LogP contribution in [0.25, 0.3) is 0 Å². The molecule has 2 rings (SSSR count). The normalized spacial score (nSPS) is 24.6. The maximum atomic E-state index is 11.2. The Labute approximate surface area is 117 Å². The number of ether oxygens (including phenoxy) is 1. The van der Waals surface area contributed by atoms with Crippen molar-refractivity contribution in [3.05, 3.63) is 28.8 Å². The van der Waals surface area contributed by atoms with Gasteiger partial charge in [-0.25, -0.2) is 4.79 Å². The molecule has 4 nitrogen and oxygen atoms in total. The van der Waals surface area contributed by atoms with Crippen LogP contribution in [0, 0.1) is 5.41 Å². The molecule has 5 heteroatoms. The zero-order chi connectivity index (χ0) is 14.2. The molecule has 1 fully saturated rings. The summed E-state index contributed by atoms with van der Waals surface area (Å²) < 4.78 is 5.39. The van der Waals surface area contributed by atoms with Gasteiger partial charge >= 0.3 is 5.97 Å². The molecule has 0 heterocycles. The number of aromatic carboxylic acids is 1. The molecule has 0 saturated heterocycles. The molecule has 2 unspecified atom stereocenters. The van der Waals surface area contributed by atoms with Crippen molar-refractivity contribution in [3.63, 3.8) is 0 Å². The van der Waals surface area contributed by atoms with Crippen LogP contribution >= 0.6 is 11.6 Å². The van der Waals surface area contributed by atoms with Crippen molar-refractivity contribution in [2.24, 2.45) is 5.41 Å². The maximum absolute atomic E-state index is 11.2. The third-order valence-electron chi connectivity index (χ3n) is 4.00. The van der Waals surface area contributed by atoms with E-state index in [2.05, 4.69) is 19.2 Å². The van der Waals surface area contributed by atoms with Gasteiger partial charge in [-0.1, -0.05) is 25.4 Å². The molecule has 104 valence electrons. The second-order valence-electron chi connectivity index (χ2n) is 5.47. The summed E-state index contributed by atoms with van der Waals surface area (Å²) in [5.41, 5.74) is 0.776. The van der Waals surface area contributed by atoms with Crippen LogP contribution in [-0.2, 0) is 4.74 Å². The summed E-state index contributed by atoms with van der Waals surface area (Å²) in [5, 5.41) is 12.9. The van der Waals surface area contributed by atoms with E-state index in [1.807, 2.05) is 0 Å². The molecule has 0 aliphatic heterocycles. The molecule has 2 N–H and O–H groups in total. The quantitative estimate of drug-likeness (QED) is 0.890. The predicted molar refractivity (Wildman–Crippen MR) is 75.0 cm³/mol. The van der Waals surface area contributed by atoms with E-state index in [0.29, 0.717) is 10.7 Å². The van der Waals surface area contributed by atoms with Crippen molar-refractivity contribution in [1.82, 2.24) is 0 Å². The first-order chi connectivity index (χ1) is 8.86. The first-order valence-corrected chi connectivity index (χ1v) is 6.56. The number of halogens is 1. The van der Waals surface area contributed by atoms with Gasteiger partial charge in [0.2, 0.25) is 0 Å². The van der Waals surface area contributed by atoms with E-state index in [-0.39, 0.29) is 23.1 Å². The molecular weight excluding hydrogens is 266 g/mol. The number of carbonyl (C=O) groups is 1. The fourth-order valence-electron chi connectivity index (χ4n) is 2.54. The molecule has 1 aliphatic rings. The van der Waals surface area contributed by atoms with E-state index in [0.717, 1.165) is 6.42 Å². The van der Waals surface area contributed by atoms with Crippen LogP contribution in [0.15, 0.2) is 18.2 Å². The van der Waals surface area contributed by atoms with Crippen molar-refractivity contribution in [2.75, 3.05) is 12.4 Å². The van der Waals surface area contributed by atoms with Crippen LogP contribution < -0.4 is 5.32 Å². The number of hydrogen-bond donors (Lipinski definition) is 2. The summed E-state index contributed by atoms with van der Waals surface area (Å²) in [4.78, 5) is 11.2. The molecule has 1 aromatic carbocycles. The largest absolute Gasteiger partial charge is 0.478 e. The first kappa shape index (κ1) is 14.2. The highest BCUT2D eigenvalue weighted by Crippen LogP contribution is 2.44. The van der Waals surface area contributed by atoms with E-state index < -0.39 is 5.97 Å². The number of benzene rings is 1. The van der Waals surface area contributed by atoms with Gasteiger partial charge in [0, 0.05) is 29.3 Å². The van der Waals surface area contributed by atoms with E-state index in [4.69, 9.17) is 16.3 Å². The topological polar surface area (TPSA) is 58.6 Å². The van der Waals surface area contributed by atoms with Gasteiger partial charge in [-0.05, 0) is 24.6 Å². The van der Waals surface area contributed by atoms with Crippen molar-refractivity contribution in [2.45, 2.75) is 32.4 Å². The highest BCUT2D eigenvalue weighted by Gasteiger charge is 2.48. The molecular formula is C14H18ClNO3. The monoisotopic (exact) mass is 283 g/mol. The number of carboxylic acids is 1. The highest BCUT2D eigenvalue weighted by atomic mass is 35.5. The average molecular weight is 284 g/mol. The molecule has 1 aliphatic carbocycles. The van der Waals surface area contributed by atoms with Gasteiger partial charge in [-0.15, -0.1) is 0 Å². The number of nitrogens with one attached hydrogen (secondary N) is 1. The van der Waals surface area contributed by atoms with Crippen molar-refractivity contribution < 1.29 is 14.6 Å². The fraction of sp³-hybridized carbons (Fsp3) is 0.500. The van der Waals surface area contributed by atoms with E-state index in [1.165, 1.54) is 6.07 Å². The van der Waals surface area contributed by atoms with Crippen LogP contribution in [0.5, 0.6) is 0 Å². The highest BCUT2D eigenvalue weighted by molar-refractivity contribution is 6.31. The first-order valence-electron chi connectivity index (χ1n) is 6.18. The van der Waals surface area contributed by atoms with Crippen molar-refractivity contribution in [1.29, 1.82) is 0 Å². The SMILES string of the molecule is COC1CC(Nc2ccc(Cl)cc2C(=O)O)C1(C)C. The van der Waals surface area contributed by atoms with E-state index >= 15 is 0 Å². The third kappa shape index (κ3) is 2.55. The molecule has 0 amide bonds. The Morgan fingerprint density at radius 2 is 2.21 bits per heavy atom. The van der Waals surface area contributed by atoms with Gasteiger partial charge in [0.25, 0.3) is 0 Å². The van der Waals surface area contributed by atoms with Gasteiger partial charge in [0.1, 0.15) is 0 Å². The van der Waals surface area contributed by atoms with Gasteiger partial charge in [0.15, 0.2) is 0 Å². The lowest BCUT2D eigenvalue weighted by Crippen LogP contribution is -2.57. The van der Waals surface area contributed by atoms with Gasteiger partial charge in [0.05, 0.1) is 11.7 Å². The summed E-state index contributed by atoms with van der Waals surface area (Å²) in [7, 11) is 1.70. The Hall–Kier alpha value is -1.26. The Morgan fingerprint density at radius 1 is 1.53 bits per heavy atom. The smallest absolute Gasteiger partial charge is 0.337 e. The molecule has 2 atom stereocenters. The minimum atomic E-state index is -0.981. The molecule has 0 spiro atoms. The maximum Gasteiger partial charge on any atom is 0.337 e. The predicted octanol–water partition coefficient (Wildman–Crippen LogP) is 3.26. The molecule has 0 radical (unpaired) electrons. The Kier molecular flexibility index (Phi) is 3.74. The molecule has 19 heavy (non-hydrogen) atoms. The minimum Gasteiger partial charge on any atom is -0.478 e. The van der Waals surface area contributed by atoms with Gasteiger partial charge < -0.3 is 15.2 Å². The summed E-state index contributed by atoms with van der Waals surface area (Å²) in [6.07, 6.45) is 1.07. The summed E-state index contributed by atoms with van der Waals surface area (Å²) >= 11 is 5.84. The molecule has 0 aromatic heterocycles. The van der Waals surface area contributed by atoms with Crippen LogP contribution in [0.1, 0.15) is 30.6 Å². The average Bonchev–Trinajstić information content (AvgIpc) is 2.35. The standard InChI is InChI=1S/C14H18ClNO3/c1-14(2)11(7-12(14)19-3)16-10-5-4-8(15)6-9(10)13(17)18/h4-6,11-12,16H,7H2,1-3H3,(H,17,18). The van der Waals surface area contributed by atoms with Crippen molar-refractivity contribution in [3.8, 4) is 0 Å². The molecule has 1 aromatic rings. The van der Waals surface area contributed by atoms with Crippen LogP contribution in [0.4, 0.5) is 5.69 Å². The number of hydrogen-bond acceptors (Lipinski definition) is 3. The Bertz CT molecular complexity index is 501. The second-order valence-corrected chi connectivity index (χ2v) is 5.91. The minimum absolute atomic E-state index is 0.0237. The number of carboxylic acid groups (broad SMARTS) is 1.